The Balaban J connectivity index is 2.54. The van der Waals surface area contributed by atoms with E-state index in [0.717, 1.165) is 6.42 Å². The summed E-state index contributed by atoms with van der Waals surface area (Å²) in [5.41, 5.74) is 3.61. The van der Waals surface area contributed by atoms with Gasteiger partial charge in [0, 0.05) is 11.7 Å². The summed E-state index contributed by atoms with van der Waals surface area (Å²) in [5.74, 6) is 0. The monoisotopic (exact) mass is 171 g/mol. The summed E-state index contributed by atoms with van der Waals surface area (Å²) in [4.78, 5) is 3.20. The quantitative estimate of drug-likeness (QED) is 0.710. The van der Waals surface area contributed by atoms with Crippen molar-refractivity contribution in [3.63, 3.8) is 0 Å². The van der Waals surface area contributed by atoms with Crippen LogP contribution < -0.4 is 0 Å². The van der Waals surface area contributed by atoms with Gasteiger partial charge >= 0.3 is 0 Å². The maximum Gasteiger partial charge on any atom is 0.0460 e. The maximum absolute atomic E-state index is 4.02. The van der Waals surface area contributed by atoms with E-state index in [1.165, 1.54) is 22.0 Å². The minimum Gasteiger partial charge on any atom is -0.361 e. The highest BCUT2D eigenvalue weighted by molar-refractivity contribution is 5.83. The van der Waals surface area contributed by atoms with Gasteiger partial charge in [0.15, 0.2) is 0 Å². The predicted molar refractivity (Wildman–Crippen MR) is 57.6 cm³/mol. The number of nitrogens with one attached hydrogen (secondary N) is 1. The van der Waals surface area contributed by atoms with Gasteiger partial charge in [0.1, 0.15) is 0 Å². The molecule has 2 aromatic rings. The third kappa shape index (κ3) is 1.37. The highest BCUT2D eigenvalue weighted by Gasteiger charge is 1.98. The number of fused-ring (bicyclic) bond motifs is 1. The van der Waals surface area contributed by atoms with Crippen LogP contribution in [-0.4, -0.2) is 4.98 Å². The molecule has 1 heterocycles. The number of H-pyrrole nitrogens is 1. The molecule has 0 saturated carbocycles. The van der Waals surface area contributed by atoms with E-state index in [2.05, 4.69) is 42.8 Å². The van der Waals surface area contributed by atoms with Gasteiger partial charge in [0.05, 0.1) is 0 Å². The van der Waals surface area contributed by atoms with E-state index < -0.39 is 0 Å². The van der Waals surface area contributed by atoms with Crippen LogP contribution in [0.25, 0.3) is 16.5 Å². The van der Waals surface area contributed by atoms with Crippen molar-refractivity contribution < 1.29 is 0 Å². The van der Waals surface area contributed by atoms with Gasteiger partial charge in [-0.3, -0.25) is 0 Å². The molecule has 1 nitrogen and oxygen atoms in total. The van der Waals surface area contributed by atoms with Crippen LogP contribution in [0, 0.1) is 0 Å². The van der Waals surface area contributed by atoms with E-state index >= 15 is 0 Å². The summed E-state index contributed by atoms with van der Waals surface area (Å²) >= 11 is 0. The Morgan fingerprint density at radius 2 is 2.23 bits per heavy atom. The Morgan fingerprint density at radius 3 is 3.00 bits per heavy atom. The summed E-state index contributed by atoms with van der Waals surface area (Å²) in [7, 11) is 0. The smallest absolute Gasteiger partial charge is 0.0460 e. The van der Waals surface area contributed by atoms with Gasteiger partial charge in [-0.05, 0) is 35.1 Å². The fourth-order valence-corrected chi connectivity index (χ4v) is 1.47. The van der Waals surface area contributed by atoms with Crippen molar-refractivity contribution in [2.75, 3.05) is 0 Å². The molecule has 0 fully saturated rings. The van der Waals surface area contributed by atoms with E-state index in [9.17, 15) is 0 Å². The van der Waals surface area contributed by atoms with Crippen molar-refractivity contribution in [2.45, 2.75) is 13.3 Å². The lowest BCUT2D eigenvalue weighted by atomic mass is 10.0. The molecule has 0 spiro atoms. The van der Waals surface area contributed by atoms with Crippen molar-refractivity contribution >= 4 is 16.5 Å². The SMILES string of the molecule is C=C(CC)c1ccc2cc[nH]c2c1. The first kappa shape index (κ1) is 8.11. The molecule has 1 aromatic heterocycles. The van der Waals surface area contributed by atoms with Gasteiger partial charge in [0.2, 0.25) is 0 Å². The van der Waals surface area contributed by atoms with Crippen LogP contribution in [0.1, 0.15) is 18.9 Å². The van der Waals surface area contributed by atoms with Crippen molar-refractivity contribution in [3.8, 4) is 0 Å². The van der Waals surface area contributed by atoms with Crippen LogP contribution in [0.4, 0.5) is 0 Å². The first-order valence-electron chi connectivity index (χ1n) is 4.56. The largest absolute Gasteiger partial charge is 0.361 e. The minimum atomic E-state index is 1.01. The Kier molecular flexibility index (Phi) is 1.93. The molecule has 0 radical (unpaired) electrons. The third-order valence-corrected chi connectivity index (χ3v) is 2.39. The van der Waals surface area contributed by atoms with Crippen molar-refractivity contribution in [1.82, 2.24) is 4.98 Å². The zero-order valence-electron chi connectivity index (χ0n) is 7.80. The second-order valence-electron chi connectivity index (χ2n) is 3.24. The van der Waals surface area contributed by atoms with Gasteiger partial charge in [-0.25, -0.2) is 0 Å². The molecule has 1 aromatic carbocycles. The summed E-state index contributed by atoms with van der Waals surface area (Å²) < 4.78 is 0. The Hall–Kier alpha value is -1.50. The molecule has 13 heavy (non-hydrogen) atoms. The number of benzene rings is 1. The molecular formula is C12H13N. The molecule has 0 amide bonds. The standard InChI is InChI=1S/C12H13N/c1-3-9(2)11-5-4-10-6-7-13-12(10)8-11/h4-8,13H,2-3H2,1H3. The average molecular weight is 171 g/mol. The Labute approximate surface area is 78.1 Å². The Bertz CT molecular complexity index is 437. The molecule has 0 aliphatic heterocycles. The van der Waals surface area contributed by atoms with Gasteiger partial charge < -0.3 is 4.98 Å². The molecule has 0 saturated heterocycles. The lowest BCUT2D eigenvalue weighted by Gasteiger charge is -2.01. The van der Waals surface area contributed by atoms with Crippen LogP contribution in [0.5, 0.6) is 0 Å². The van der Waals surface area contributed by atoms with Gasteiger partial charge in [-0.1, -0.05) is 25.6 Å². The van der Waals surface area contributed by atoms with Crippen molar-refractivity contribution in [3.05, 3.63) is 42.6 Å². The van der Waals surface area contributed by atoms with Crippen molar-refractivity contribution in [2.24, 2.45) is 0 Å². The first-order chi connectivity index (χ1) is 6.31. The number of hydrogen-bond donors (Lipinski definition) is 1. The topological polar surface area (TPSA) is 15.8 Å². The maximum atomic E-state index is 4.02. The van der Waals surface area contributed by atoms with E-state index in [0.29, 0.717) is 0 Å². The molecule has 1 heteroatoms. The van der Waals surface area contributed by atoms with Crippen LogP contribution in [-0.2, 0) is 0 Å². The average Bonchev–Trinajstić information content (AvgIpc) is 2.63. The highest BCUT2D eigenvalue weighted by atomic mass is 14.7. The Morgan fingerprint density at radius 1 is 1.38 bits per heavy atom. The second-order valence-corrected chi connectivity index (χ2v) is 3.24. The zero-order chi connectivity index (χ0) is 9.26. The lowest BCUT2D eigenvalue weighted by Crippen LogP contribution is -1.80. The third-order valence-electron chi connectivity index (χ3n) is 2.39. The van der Waals surface area contributed by atoms with Crippen molar-refractivity contribution in [1.29, 1.82) is 0 Å². The normalized spacial score (nSPS) is 10.5. The predicted octanol–water partition coefficient (Wildman–Crippen LogP) is 3.59. The molecular weight excluding hydrogens is 158 g/mol. The molecule has 0 aliphatic carbocycles. The van der Waals surface area contributed by atoms with Crippen LogP contribution >= 0.6 is 0 Å². The fourth-order valence-electron chi connectivity index (χ4n) is 1.47. The number of hydrogen-bond acceptors (Lipinski definition) is 0. The summed E-state index contributed by atoms with van der Waals surface area (Å²) in [6.07, 6.45) is 2.97. The number of aromatic amines is 1. The molecule has 1 N–H and O–H groups in total. The number of aromatic nitrogens is 1. The van der Waals surface area contributed by atoms with E-state index in [4.69, 9.17) is 0 Å². The minimum absolute atomic E-state index is 1.01. The van der Waals surface area contributed by atoms with Crippen LogP contribution in [0.2, 0.25) is 0 Å². The van der Waals surface area contributed by atoms with Gasteiger partial charge in [0.25, 0.3) is 0 Å². The van der Waals surface area contributed by atoms with E-state index in [1.807, 2.05) is 6.20 Å². The molecule has 66 valence electrons. The fraction of sp³-hybridized carbons (Fsp3) is 0.167. The molecule has 2 rings (SSSR count). The van der Waals surface area contributed by atoms with Gasteiger partial charge in [-0.15, -0.1) is 0 Å². The molecule has 0 aliphatic rings. The van der Waals surface area contributed by atoms with Gasteiger partial charge in [-0.2, -0.15) is 0 Å². The summed E-state index contributed by atoms with van der Waals surface area (Å²) in [6.45, 7) is 6.15. The molecule has 0 atom stereocenters. The van der Waals surface area contributed by atoms with Crippen LogP contribution in [0.3, 0.4) is 0 Å². The summed E-state index contributed by atoms with van der Waals surface area (Å²) in [5, 5.41) is 1.26. The second kappa shape index (κ2) is 3.09. The summed E-state index contributed by atoms with van der Waals surface area (Å²) in [6, 6.07) is 8.49. The highest BCUT2D eigenvalue weighted by Crippen LogP contribution is 2.20. The lowest BCUT2D eigenvalue weighted by molar-refractivity contribution is 1.25. The van der Waals surface area contributed by atoms with E-state index in [-0.39, 0.29) is 0 Å². The molecule has 0 bridgehead atoms. The zero-order valence-corrected chi connectivity index (χ0v) is 7.80. The number of allylic oxidation sites excluding steroid dienone is 1. The number of rotatable bonds is 2. The molecule has 0 unspecified atom stereocenters. The van der Waals surface area contributed by atoms with E-state index in [1.54, 1.807) is 0 Å². The van der Waals surface area contributed by atoms with Crippen LogP contribution in [0.15, 0.2) is 37.0 Å². The first-order valence-corrected chi connectivity index (χ1v) is 4.56.